The number of benzene rings is 2. The number of aromatic nitrogens is 1. The van der Waals surface area contributed by atoms with E-state index in [1.165, 1.54) is 0 Å². The number of rotatable bonds is 6. The number of ether oxygens (including phenoxy) is 1. The normalized spacial score (nSPS) is 10.3. The van der Waals surface area contributed by atoms with Crippen LogP contribution in [0.5, 0.6) is 5.75 Å². The maximum absolute atomic E-state index is 11.9. The number of fused-ring (bicyclic) bond motifs is 1. The molecular formula is C22H22N4O2. The summed E-state index contributed by atoms with van der Waals surface area (Å²) in [6.45, 7) is 6.69. The molecule has 0 aliphatic carbocycles. The minimum absolute atomic E-state index is 0.307. The number of methoxy groups -OCH3 is 1. The van der Waals surface area contributed by atoms with E-state index >= 15 is 0 Å². The molecule has 28 heavy (non-hydrogen) atoms. The second-order valence-corrected chi connectivity index (χ2v) is 6.17. The molecule has 0 unspecified atom stereocenters. The van der Waals surface area contributed by atoms with Crippen LogP contribution in [0.2, 0.25) is 0 Å². The first-order valence-electron chi connectivity index (χ1n) is 8.99. The highest BCUT2D eigenvalue weighted by Gasteiger charge is 2.19. The first-order valence-corrected chi connectivity index (χ1v) is 8.99. The second kappa shape index (κ2) is 8.31. The van der Waals surface area contributed by atoms with Gasteiger partial charge in [-0.3, -0.25) is 0 Å². The lowest BCUT2D eigenvalue weighted by molar-refractivity contribution is 0.253. The minimum atomic E-state index is -0.307. The number of urea groups is 1. The number of nitrogens with zero attached hydrogens (tertiary/aromatic N) is 2. The summed E-state index contributed by atoms with van der Waals surface area (Å²) in [5, 5.41) is 16.2. The standard InChI is InChI=1S/C22H22N4O2/c1-4-11-24-22(27)25-16-8-6-7-15(12-16)21-19(14-23)18-10-9-17(28-3)13-20(18)26(21)5-2/h4,6-10,12-13H,1,5,11H2,2-3H3,(H2,24,25,27). The molecule has 0 aliphatic heterocycles. The SMILES string of the molecule is C=CCNC(=O)Nc1cccc(-c2c(C#N)c3ccc(OC)cc3n2CC)c1. The summed E-state index contributed by atoms with van der Waals surface area (Å²) in [5.74, 6) is 0.741. The molecular weight excluding hydrogens is 352 g/mol. The molecule has 3 rings (SSSR count). The molecule has 2 aromatic carbocycles. The molecule has 0 fully saturated rings. The molecule has 0 aliphatic rings. The average molecular weight is 374 g/mol. The van der Waals surface area contributed by atoms with E-state index < -0.39 is 0 Å². The van der Waals surface area contributed by atoms with Gasteiger partial charge < -0.3 is 19.9 Å². The summed E-state index contributed by atoms with van der Waals surface area (Å²) >= 11 is 0. The quantitative estimate of drug-likeness (QED) is 0.623. The summed E-state index contributed by atoms with van der Waals surface area (Å²) in [6.07, 6.45) is 1.61. The lowest BCUT2D eigenvalue weighted by Gasteiger charge is -2.11. The van der Waals surface area contributed by atoms with Gasteiger partial charge in [-0.05, 0) is 31.2 Å². The Morgan fingerprint density at radius 3 is 2.82 bits per heavy atom. The largest absolute Gasteiger partial charge is 0.497 e. The van der Waals surface area contributed by atoms with Gasteiger partial charge in [0.1, 0.15) is 11.8 Å². The zero-order chi connectivity index (χ0) is 20.1. The average Bonchev–Trinajstić information content (AvgIpc) is 3.04. The van der Waals surface area contributed by atoms with E-state index in [1.54, 1.807) is 13.2 Å². The van der Waals surface area contributed by atoms with Gasteiger partial charge in [-0.1, -0.05) is 18.2 Å². The van der Waals surface area contributed by atoms with Crippen molar-refractivity contribution in [3.63, 3.8) is 0 Å². The topological polar surface area (TPSA) is 79.1 Å². The number of carbonyl (C=O) groups is 1. The Morgan fingerprint density at radius 1 is 1.32 bits per heavy atom. The number of carbonyl (C=O) groups excluding carboxylic acids is 1. The molecule has 1 heterocycles. The fourth-order valence-electron chi connectivity index (χ4n) is 3.28. The summed E-state index contributed by atoms with van der Waals surface area (Å²) in [5.41, 5.74) is 3.87. The Labute approximate surface area is 164 Å². The van der Waals surface area contributed by atoms with E-state index in [4.69, 9.17) is 4.74 Å². The summed E-state index contributed by atoms with van der Waals surface area (Å²) in [6, 6.07) is 15.2. The second-order valence-electron chi connectivity index (χ2n) is 6.17. The first kappa shape index (κ1) is 19.1. The molecule has 6 heteroatoms. The zero-order valence-corrected chi connectivity index (χ0v) is 16.0. The summed E-state index contributed by atoms with van der Waals surface area (Å²) in [7, 11) is 1.62. The van der Waals surface area contributed by atoms with Gasteiger partial charge >= 0.3 is 6.03 Å². The molecule has 1 aromatic heterocycles. The van der Waals surface area contributed by atoms with Crippen LogP contribution in [0.15, 0.2) is 55.1 Å². The van der Waals surface area contributed by atoms with Crippen LogP contribution in [-0.4, -0.2) is 24.3 Å². The van der Waals surface area contributed by atoms with Crippen molar-refractivity contribution in [3.05, 3.63) is 60.7 Å². The third-order valence-electron chi connectivity index (χ3n) is 4.50. The Morgan fingerprint density at radius 2 is 2.14 bits per heavy atom. The highest BCUT2D eigenvalue weighted by Crippen LogP contribution is 2.36. The Balaban J connectivity index is 2.10. The maximum Gasteiger partial charge on any atom is 0.319 e. The monoisotopic (exact) mass is 374 g/mol. The van der Waals surface area contributed by atoms with E-state index in [1.807, 2.05) is 49.4 Å². The van der Waals surface area contributed by atoms with Gasteiger partial charge in [-0.2, -0.15) is 5.26 Å². The molecule has 6 nitrogen and oxygen atoms in total. The van der Waals surface area contributed by atoms with Crippen LogP contribution in [0.4, 0.5) is 10.5 Å². The molecule has 0 saturated carbocycles. The van der Waals surface area contributed by atoms with Crippen molar-refractivity contribution >= 4 is 22.6 Å². The van der Waals surface area contributed by atoms with Crippen LogP contribution in [-0.2, 0) is 6.54 Å². The number of nitriles is 1. The van der Waals surface area contributed by atoms with Gasteiger partial charge in [0.2, 0.25) is 0 Å². The van der Waals surface area contributed by atoms with Crippen molar-refractivity contribution in [1.82, 2.24) is 9.88 Å². The maximum atomic E-state index is 11.9. The van der Waals surface area contributed by atoms with Crippen LogP contribution < -0.4 is 15.4 Å². The fourth-order valence-corrected chi connectivity index (χ4v) is 3.28. The number of hydrogen-bond donors (Lipinski definition) is 2. The van der Waals surface area contributed by atoms with Crippen LogP contribution in [0.1, 0.15) is 12.5 Å². The van der Waals surface area contributed by atoms with Crippen LogP contribution >= 0.6 is 0 Å². The van der Waals surface area contributed by atoms with Gasteiger partial charge in [0.15, 0.2) is 0 Å². The summed E-state index contributed by atoms with van der Waals surface area (Å²) < 4.78 is 7.44. The number of anilines is 1. The number of aryl methyl sites for hydroxylation is 1. The van der Waals surface area contributed by atoms with Crippen LogP contribution in [0.25, 0.3) is 22.2 Å². The Hall–Kier alpha value is -3.72. The van der Waals surface area contributed by atoms with Crippen molar-refractivity contribution in [2.45, 2.75) is 13.5 Å². The predicted molar refractivity (Wildman–Crippen MR) is 112 cm³/mol. The van der Waals surface area contributed by atoms with E-state index in [0.29, 0.717) is 24.3 Å². The van der Waals surface area contributed by atoms with E-state index in [0.717, 1.165) is 27.9 Å². The molecule has 0 bridgehead atoms. The number of hydrogen-bond acceptors (Lipinski definition) is 3. The molecule has 142 valence electrons. The lowest BCUT2D eigenvalue weighted by atomic mass is 10.1. The molecule has 0 radical (unpaired) electrons. The van der Waals surface area contributed by atoms with Gasteiger partial charge in [-0.25, -0.2) is 4.79 Å². The smallest absolute Gasteiger partial charge is 0.319 e. The van der Waals surface area contributed by atoms with E-state index in [2.05, 4.69) is 27.8 Å². The predicted octanol–water partition coefficient (Wildman–Crippen LogP) is 4.52. The van der Waals surface area contributed by atoms with E-state index in [-0.39, 0.29) is 6.03 Å². The van der Waals surface area contributed by atoms with Crippen LogP contribution in [0.3, 0.4) is 0 Å². The van der Waals surface area contributed by atoms with Gasteiger partial charge in [0, 0.05) is 35.8 Å². The molecule has 0 saturated heterocycles. The van der Waals surface area contributed by atoms with Gasteiger partial charge in [-0.15, -0.1) is 6.58 Å². The minimum Gasteiger partial charge on any atom is -0.497 e. The van der Waals surface area contributed by atoms with Crippen molar-refractivity contribution in [3.8, 4) is 23.1 Å². The highest BCUT2D eigenvalue weighted by atomic mass is 16.5. The molecule has 0 spiro atoms. The number of nitrogens with one attached hydrogen (secondary N) is 2. The fraction of sp³-hybridized carbons (Fsp3) is 0.182. The molecule has 0 atom stereocenters. The lowest BCUT2D eigenvalue weighted by Crippen LogP contribution is -2.28. The van der Waals surface area contributed by atoms with E-state index in [9.17, 15) is 10.1 Å². The van der Waals surface area contributed by atoms with Gasteiger partial charge in [0.05, 0.1) is 23.9 Å². The van der Waals surface area contributed by atoms with Crippen LogP contribution in [0, 0.1) is 11.3 Å². The number of amides is 2. The first-order chi connectivity index (χ1) is 13.6. The van der Waals surface area contributed by atoms with Crippen molar-refractivity contribution in [2.75, 3.05) is 19.0 Å². The highest BCUT2D eigenvalue weighted by molar-refractivity contribution is 5.96. The molecule has 3 aromatic rings. The third kappa shape index (κ3) is 3.55. The Bertz CT molecular complexity index is 1080. The van der Waals surface area contributed by atoms with Crippen molar-refractivity contribution in [2.24, 2.45) is 0 Å². The van der Waals surface area contributed by atoms with Crippen molar-refractivity contribution < 1.29 is 9.53 Å². The Kier molecular flexibility index (Phi) is 5.66. The third-order valence-corrected chi connectivity index (χ3v) is 4.50. The zero-order valence-electron chi connectivity index (χ0n) is 16.0. The summed E-state index contributed by atoms with van der Waals surface area (Å²) in [4.78, 5) is 11.9. The molecule has 2 amide bonds. The van der Waals surface area contributed by atoms with Gasteiger partial charge in [0.25, 0.3) is 0 Å². The molecule has 2 N–H and O–H groups in total. The van der Waals surface area contributed by atoms with Crippen molar-refractivity contribution in [1.29, 1.82) is 5.26 Å².